The van der Waals surface area contributed by atoms with E-state index in [4.69, 9.17) is 0 Å². The number of halogens is 1. The Bertz CT molecular complexity index is 1130. The maximum atomic E-state index is 13.8. The van der Waals surface area contributed by atoms with Crippen molar-refractivity contribution < 1.29 is 17.6 Å². The number of nitrogens with zero attached hydrogens (tertiary/aromatic N) is 4. The summed E-state index contributed by atoms with van der Waals surface area (Å²) in [6.07, 6.45) is 5.04. The second kappa shape index (κ2) is 8.23. The zero-order valence-corrected chi connectivity index (χ0v) is 16.8. The van der Waals surface area contributed by atoms with Gasteiger partial charge in [0.1, 0.15) is 10.7 Å². The van der Waals surface area contributed by atoms with E-state index in [-0.39, 0.29) is 17.6 Å². The number of anilines is 1. The smallest absolute Gasteiger partial charge is 0.264 e. The van der Waals surface area contributed by atoms with E-state index >= 15 is 0 Å². The van der Waals surface area contributed by atoms with Crippen LogP contribution in [-0.2, 0) is 10.0 Å². The van der Waals surface area contributed by atoms with Gasteiger partial charge in [-0.1, -0.05) is 17.3 Å². The number of piperidine rings is 1. The summed E-state index contributed by atoms with van der Waals surface area (Å²) < 4.78 is 42.7. The van der Waals surface area contributed by atoms with Gasteiger partial charge in [0, 0.05) is 30.5 Å². The highest BCUT2D eigenvalue weighted by Gasteiger charge is 2.25. The highest BCUT2D eigenvalue weighted by Crippen LogP contribution is 2.23. The van der Waals surface area contributed by atoms with E-state index in [1.807, 2.05) is 10.9 Å². The lowest BCUT2D eigenvalue weighted by atomic mass is 10.0. The van der Waals surface area contributed by atoms with Crippen LogP contribution in [0.5, 0.6) is 0 Å². The summed E-state index contributed by atoms with van der Waals surface area (Å²) in [5.41, 5.74) is 0.711. The third-order valence-electron chi connectivity index (χ3n) is 5.08. The Balaban J connectivity index is 1.40. The van der Waals surface area contributed by atoms with Crippen molar-refractivity contribution in [1.29, 1.82) is 0 Å². The van der Waals surface area contributed by atoms with Crippen molar-refractivity contribution >= 4 is 21.6 Å². The molecule has 156 valence electrons. The first-order chi connectivity index (χ1) is 14.4. The Morgan fingerprint density at radius 2 is 1.77 bits per heavy atom. The van der Waals surface area contributed by atoms with Gasteiger partial charge >= 0.3 is 0 Å². The number of carbonyl (C=O) groups excluding carboxylic acids is 1. The Morgan fingerprint density at radius 3 is 2.40 bits per heavy atom. The minimum atomic E-state index is -4.06. The number of amides is 1. The van der Waals surface area contributed by atoms with Gasteiger partial charge in [0.25, 0.3) is 15.9 Å². The molecule has 8 nitrogen and oxygen atoms in total. The number of hydrogen-bond donors (Lipinski definition) is 1. The summed E-state index contributed by atoms with van der Waals surface area (Å²) >= 11 is 0. The number of benzene rings is 2. The van der Waals surface area contributed by atoms with Crippen molar-refractivity contribution in [2.45, 2.75) is 23.8 Å². The standard InChI is InChI=1S/C20H20FN5O3S/c21-18-3-1-2-4-19(18)30(28,29)23-16-7-5-15(6-8-16)20(27)25-12-9-17(10-13-25)26-14-11-22-24-26/h1-8,11,14,17,23H,9-10,12-13H2. The number of rotatable bonds is 5. The van der Waals surface area contributed by atoms with Crippen molar-refractivity contribution in [3.05, 3.63) is 72.3 Å². The van der Waals surface area contributed by atoms with Gasteiger partial charge < -0.3 is 4.90 Å². The predicted molar refractivity (Wildman–Crippen MR) is 108 cm³/mol. The molecule has 0 radical (unpaired) electrons. The summed E-state index contributed by atoms with van der Waals surface area (Å²) in [5, 5.41) is 7.84. The van der Waals surface area contributed by atoms with Crippen molar-refractivity contribution in [2.75, 3.05) is 17.8 Å². The zero-order chi connectivity index (χ0) is 21.1. The molecule has 1 amide bonds. The fraction of sp³-hybridized carbons (Fsp3) is 0.250. The molecule has 2 aromatic carbocycles. The molecule has 1 aliphatic rings. The topological polar surface area (TPSA) is 97.2 Å². The molecule has 1 aliphatic heterocycles. The van der Waals surface area contributed by atoms with E-state index in [1.165, 1.54) is 30.3 Å². The number of aromatic nitrogens is 3. The summed E-state index contributed by atoms with van der Waals surface area (Å²) in [5.74, 6) is -0.943. The van der Waals surface area contributed by atoms with Crippen molar-refractivity contribution in [1.82, 2.24) is 19.9 Å². The van der Waals surface area contributed by atoms with Crippen LogP contribution >= 0.6 is 0 Å². The molecule has 0 aliphatic carbocycles. The highest BCUT2D eigenvalue weighted by atomic mass is 32.2. The first-order valence-corrected chi connectivity index (χ1v) is 10.9. The molecule has 3 aromatic rings. The van der Waals surface area contributed by atoms with Crippen LogP contribution in [0.2, 0.25) is 0 Å². The van der Waals surface area contributed by atoms with Crippen LogP contribution in [0.1, 0.15) is 29.2 Å². The number of sulfonamides is 1. The fourth-order valence-electron chi connectivity index (χ4n) is 3.48. The van der Waals surface area contributed by atoms with E-state index in [0.717, 1.165) is 18.9 Å². The highest BCUT2D eigenvalue weighted by molar-refractivity contribution is 7.92. The van der Waals surface area contributed by atoms with E-state index in [1.54, 1.807) is 23.2 Å². The van der Waals surface area contributed by atoms with E-state index in [0.29, 0.717) is 18.7 Å². The molecule has 0 spiro atoms. The summed E-state index contributed by atoms with van der Waals surface area (Å²) in [7, 11) is -4.06. The molecule has 1 N–H and O–H groups in total. The van der Waals surface area contributed by atoms with Gasteiger partial charge in [-0.25, -0.2) is 17.5 Å². The van der Waals surface area contributed by atoms with Crippen LogP contribution in [0.25, 0.3) is 0 Å². The van der Waals surface area contributed by atoms with Gasteiger partial charge in [-0.3, -0.25) is 9.52 Å². The van der Waals surface area contributed by atoms with Gasteiger partial charge in [-0.15, -0.1) is 5.10 Å². The molecule has 0 atom stereocenters. The Kier molecular flexibility index (Phi) is 5.49. The Labute approximate surface area is 173 Å². The molecule has 1 aromatic heterocycles. The average Bonchev–Trinajstić information content (AvgIpc) is 3.29. The third-order valence-corrected chi connectivity index (χ3v) is 6.49. The number of nitrogens with one attached hydrogen (secondary N) is 1. The lowest BCUT2D eigenvalue weighted by Gasteiger charge is -2.31. The van der Waals surface area contributed by atoms with Gasteiger partial charge in [0.05, 0.1) is 12.2 Å². The van der Waals surface area contributed by atoms with Gasteiger partial charge in [-0.05, 0) is 49.2 Å². The zero-order valence-electron chi connectivity index (χ0n) is 16.0. The molecule has 1 saturated heterocycles. The number of likely N-dealkylation sites (tertiary alicyclic amines) is 1. The lowest BCUT2D eigenvalue weighted by Crippen LogP contribution is -2.39. The third kappa shape index (κ3) is 4.18. The van der Waals surface area contributed by atoms with Gasteiger partial charge in [0.2, 0.25) is 0 Å². The number of carbonyl (C=O) groups is 1. The Morgan fingerprint density at radius 1 is 1.07 bits per heavy atom. The molecule has 1 fully saturated rings. The van der Waals surface area contributed by atoms with Crippen LogP contribution in [-0.4, -0.2) is 47.3 Å². The van der Waals surface area contributed by atoms with Crippen LogP contribution in [0.4, 0.5) is 10.1 Å². The molecule has 0 unspecified atom stereocenters. The maximum absolute atomic E-state index is 13.8. The first-order valence-electron chi connectivity index (χ1n) is 9.46. The van der Waals surface area contributed by atoms with E-state index in [9.17, 15) is 17.6 Å². The van der Waals surface area contributed by atoms with Crippen LogP contribution in [0.3, 0.4) is 0 Å². The largest absolute Gasteiger partial charge is 0.338 e. The van der Waals surface area contributed by atoms with Gasteiger partial charge in [0.15, 0.2) is 0 Å². The summed E-state index contributed by atoms with van der Waals surface area (Å²) in [6, 6.07) is 11.5. The molecular formula is C20H20FN5O3S. The SMILES string of the molecule is O=C(c1ccc(NS(=O)(=O)c2ccccc2F)cc1)N1CCC(n2ccnn2)CC1. The number of hydrogen-bond acceptors (Lipinski definition) is 5. The summed E-state index contributed by atoms with van der Waals surface area (Å²) in [4.78, 5) is 14.1. The van der Waals surface area contributed by atoms with Crippen molar-refractivity contribution in [3.63, 3.8) is 0 Å². The molecule has 10 heteroatoms. The second-order valence-corrected chi connectivity index (χ2v) is 8.67. The normalized spacial score (nSPS) is 15.2. The molecule has 0 bridgehead atoms. The summed E-state index contributed by atoms with van der Waals surface area (Å²) in [6.45, 7) is 1.20. The predicted octanol–water partition coefficient (Wildman–Crippen LogP) is 2.70. The second-order valence-electron chi connectivity index (χ2n) is 7.02. The minimum Gasteiger partial charge on any atom is -0.338 e. The molecule has 30 heavy (non-hydrogen) atoms. The van der Waals surface area contributed by atoms with Crippen LogP contribution < -0.4 is 4.72 Å². The average molecular weight is 429 g/mol. The lowest BCUT2D eigenvalue weighted by molar-refractivity contribution is 0.0689. The molecule has 4 rings (SSSR count). The molecule has 0 saturated carbocycles. The fourth-order valence-corrected chi connectivity index (χ4v) is 4.62. The van der Waals surface area contributed by atoms with Crippen LogP contribution in [0, 0.1) is 5.82 Å². The quantitative estimate of drug-likeness (QED) is 0.673. The van der Waals surface area contributed by atoms with E-state index < -0.39 is 20.7 Å². The first kappa shape index (κ1) is 20.0. The van der Waals surface area contributed by atoms with Crippen molar-refractivity contribution in [3.8, 4) is 0 Å². The monoisotopic (exact) mass is 429 g/mol. The Hall–Kier alpha value is -3.27. The maximum Gasteiger partial charge on any atom is 0.264 e. The van der Waals surface area contributed by atoms with E-state index in [2.05, 4.69) is 15.0 Å². The molecule has 2 heterocycles. The van der Waals surface area contributed by atoms with Gasteiger partial charge in [-0.2, -0.15) is 0 Å². The van der Waals surface area contributed by atoms with Crippen molar-refractivity contribution in [2.24, 2.45) is 0 Å². The van der Waals surface area contributed by atoms with Crippen LogP contribution in [0.15, 0.2) is 65.8 Å². The minimum absolute atomic E-state index is 0.115. The molecular weight excluding hydrogens is 409 g/mol.